The molecule has 1 atom stereocenters. The lowest BCUT2D eigenvalue weighted by molar-refractivity contribution is -0.00932. The number of benzene rings is 2. The van der Waals surface area contributed by atoms with Crippen LogP contribution in [0, 0.1) is 0 Å². The van der Waals surface area contributed by atoms with Crippen LogP contribution in [-0.2, 0) is 10.3 Å². The van der Waals surface area contributed by atoms with E-state index in [0.717, 1.165) is 30.1 Å². The molecular formula is C17H18ClNO. The van der Waals surface area contributed by atoms with Crippen LogP contribution >= 0.6 is 11.6 Å². The van der Waals surface area contributed by atoms with Crippen molar-refractivity contribution in [2.45, 2.75) is 12.0 Å². The molecule has 1 fully saturated rings. The number of ether oxygens (including phenoxy) is 1. The summed E-state index contributed by atoms with van der Waals surface area (Å²) in [6, 6.07) is 18.4. The summed E-state index contributed by atoms with van der Waals surface area (Å²) in [6.45, 7) is 2.51. The van der Waals surface area contributed by atoms with Crippen LogP contribution in [0.4, 0.5) is 0 Å². The molecule has 0 amide bonds. The maximum absolute atomic E-state index is 6.30. The lowest BCUT2D eigenvalue weighted by Crippen LogP contribution is -2.32. The number of halogens is 1. The van der Waals surface area contributed by atoms with Gasteiger partial charge in [0.05, 0.1) is 6.61 Å². The predicted molar refractivity (Wildman–Crippen MR) is 82.1 cm³/mol. The summed E-state index contributed by atoms with van der Waals surface area (Å²) in [6.07, 6.45) is 0.900. The van der Waals surface area contributed by atoms with E-state index in [-0.39, 0.29) is 0 Å². The number of hydrogen-bond donors (Lipinski definition) is 1. The minimum Gasteiger partial charge on any atom is -0.364 e. The zero-order chi connectivity index (χ0) is 13.8. The zero-order valence-electron chi connectivity index (χ0n) is 11.3. The first kappa shape index (κ1) is 13.6. The Hall–Kier alpha value is -1.35. The van der Waals surface area contributed by atoms with Crippen molar-refractivity contribution in [3.63, 3.8) is 0 Å². The van der Waals surface area contributed by atoms with Gasteiger partial charge in [-0.15, -0.1) is 0 Å². The van der Waals surface area contributed by atoms with E-state index < -0.39 is 5.60 Å². The van der Waals surface area contributed by atoms with Crippen molar-refractivity contribution in [2.24, 2.45) is 0 Å². The third-order valence-electron chi connectivity index (χ3n) is 3.81. The van der Waals surface area contributed by atoms with Crippen molar-refractivity contribution >= 4 is 11.6 Å². The highest BCUT2D eigenvalue weighted by molar-refractivity contribution is 6.30. The molecule has 0 aliphatic carbocycles. The quantitative estimate of drug-likeness (QED) is 0.911. The molecule has 1 N–H and O–H groups in total. The molecule has 1 saturated heterocycles. The summed E-state index contributed by atoms with van der Waals surface area (Å²) in [5.41, 5.74) is 1.90. The SMILES string of the molecule is Clc1cccc(C2(c3ccccc3)CCNCCO2)c1. The van der Waals surface area contributed by atoms with E-state index in [0.29, 0.717) is 6.61 Å². The molecule has 0 aromatic heterocycles. The van der Waals surface area contributed by atoms with Crippen LogP contribution in [0.1, 0.15) is 17.5 Å². The van der Waals surface area contributed by atoms with E-state index in [2.05, 4.69) is 35.6 Å². The van der Waals surface area contributed by atoms with E-state index >= 15 is 0 Å². The van der Waals surface area contributed by atoms with Gasteiger partial charge in [0.15, 0.2) is 0 Å². The Bertz CT molecular complexity index is 562. The van der Waals surface area contributed by atoms with Crippen LogP contribution < -0.4 is 5.32 Å². The zero-order valence-corrected chi connectivity index (χ0v) is 12.1. The summed E-state index contributed by atoms with van der Waals surface area (Å²) in [7, 11) is 0. The fourth-order valence-electron chi connectivity index (χ4n) is 2.83. The second-order valence-corrected chi connectivity index (χ2v) is 5.49. The molecule has 20 heavy (non-hydrogen) atoms. The Morgan fingerprint density at radius 1 is 0.950 bits per heavy atom. The van der Waals surface area contributed by atoms with Gasteiger partial charge in [-0.3, -0.25) is 0 Å². The molecule has 3 heteroatoms. The summed E-state index contributed by atoms with van der Waals surface area (Å²) in [5, 5.41) is 4.15. The fourth-order valence-corrected chi connectivity index (χ4v) is 3.02. The molecule has 2 aromatic rings. The van der Waals surface area contributed by atoms with E-state index in [9.17, 15) is 0 Å². The van der Waals surface area contributed by atoms with Crippen LogP contribution in [-0.4, -0.2) is 19.7 Å². The van der Waals surface area contributed by atoms with Crippen LogP contribution in [0.5, 0.6) is 0 Å². The molecule has 2 aromatic carbocycles. The van der Waals surface area contributed by atoms with Gasteiger partial charge in [-0.2, -0.15) is 0 Å². The van der Waals surface area contributed by atoms with Gasteiger partial charge in [-0.25, -0.2) is 0 Å². The molecule has 0 bridgehead atoms. The molecule has 1 aliphatic rings. The van der Waals surface area contributed by atoms with Gasteiger partial charge in [0.25, 0.3) is 0 Å². The van der Waals surface area contributed by atoms with Gasteiger partial charge in [0.2, 0.25) is 0 Å². The molecular weight excluding hydrogens is 270 g/mol. The minimum absolute atomic E-state index is 0.407. The van der Waals surface area contributed by atoms with Crippen LogP contribution in [0.15, 0.2) is 54.6 Å². The lowest BCUT2D eigenvalue weighted by atomic mass is 9.83. The second kappa shape index (κ2) is 5.96. The van der Waals surface area contributed by atoms with E-state index in [1.165, 1.54) is 5.56 Å². The molecule has 1 heterocycles. The van der Waals surface area contributed by atoms with Crippen molar-refractivity contribution in [3.8, 4) is 0 Å². The molecule has 0 radical (unpaired) electrons. The average Bonchev–Trinajstić information content (AvgIpc) is 2.75. The summed E-state index contributed by atoms with van der Waals surface area (Å²) < 4.78 is 6.30. The van der Waals surface area contributed by atoms with Crippen molar-refractivity contribution in [2.75, 3.05) is 19.7 Å². The van der Waals surface area contributed by atoms with Gasteiger partial charge in [0.1, 0.15) is 5.60 Å². The first-order chi connectivity index (χ1) is 9.81. The summed E-state index contributed by atoms with van der Waals surface area (Å²) in [4.78, 5) is 0. The van der Waals surface area contributed by atoms with Crippen molar-refractivity contribution in [1.29, 1.82) is 0 Å². The van der Waals surface area contributed by atoms with Crippen LogP contribution in [0.25, 0.3) is 0 Å². The van der Waals surface area contributed by atoms with Gasteiger partial charge in [-0.1, -0.05) is 54.1 Å². The van der Waals surface area contributed by atoms with Crippen molar-refractivity contribution in [1.82, 2.24) is 5.32 Å². The molecule has 3 rings (SSSR count). The monoisotopic (exact) mass is 287 g/mol. The highest BCUT2D eigenvalue weighted by Crippen LogP contribution is 2.38. The van der Waals surface area contributed by atoms with Gasteiger partial charge < -0.3 is 10.1 Å². The van der Waals surface area contributed by atoms with Gasteiger partial charge >= 0.3 is 0 Å². The third kappa shape index (κ3) is 2.59. The maximum Gasteiger partial charge on any atom is 0.119 e. The first-order valence-electron chi connectivity index (χ1n) is 6.97. The Morgan fingerprint density at radius 3 is 2.55 bits per heavy atom. The smallest absolute Gasteiger partial charge is 0.119 e. The van der Waals surface area contributed by atoms with Crippen LogP contribution in [0.2, 0.25) is 5.02 Å². The van der Waals surface area contributed by atoms with Crippen molar-refractivity contribution < 1.29 is 4.74 Å². The molecule has 0 spiro atoms. The molecule has 1 aliphatic heterocycles. The van der Waals surface area contributed by atoms with E-state index in [4.69, 9.17) is 16.3 Å². The maximum atomic E-state index is 6.30. The average molecular weight is 288 g/mol. The van der Waals surface area contributed by atoms with E-state index in [1.807, 2.05) is 24.3 Å². The molecule has 104 valence electrons. The fraction of sp³-hybridized carbons (Fsp3) is 0.294. The first-order valence-corrected chi connectivity index (χ1v) is 7.35. The topological polar surface area (TPSA) is 21.3 Å². The third-order valence-corrected chi connectivity index (χ3v) is 4.05. The van der Waals surface area contributed by atoms with Gasteiger partial charge in [0, 0.05) is 11.6 Å². The summed E-state index contributed by atoms with van der Waals surface area (Å²) >= 11 is 6.18. The lowest BCUT2D eigenvalue weighted by Gasteiger charge is -2.33. The largest absolute Gasteiger partial charge is 0.364 e. The Balaban J connectivity index is 2.12. The number of nitrogens with one attached hydrogen (secondary N) is 1. The van der Waals surface area contributed by atoms with Crippen LogP contribution in [0.3, 0.4) is 0 Å². The molecule has 1 unspecified atom stereocenters. The Labute approximate surface area is 124 Å². The Kier molecular flexibility index (Phi) is 4.06. The highest BCUT2D eigenvalue weighted by Gasteiger charge is 2.36. The molecule has 2 nitrogen and oxygen atoms in total. The van der Waals surface area contributed by atoms with E-state index in [1.54, 1.807) is 0 Å². The standard InChI is InChI=1S/C17H18ClNO/c18-16-8-4-7-15(13-16)17(9-10-19-11-12-20-17)14-5-2-1-3-6-14/h1-8,13,19H,9-12H2. The van der Waals surface area contributed by atoms with Gasteiger partial charge in [-0.05, 0) is 36.2 Å². The van der Waals surface area contributed by atoms with Crippen molar-refractivity contribution in [3.05, 3.63) is 70.7 Å². The number of hydrogen-bond acceptors (Lipinski definition) is 2. The number of rotatable bonds is 2. The predicted octanol–water partition coefficient (Wildman–Crippen LogP) is 3.59. The Morgan fingerprint density at radius 2 is 1.75 bits per heavy atom. The summed E-state index contributed by atoms with van der Waals surface area (Å²) in [5.74, 6) is 0. The highest BCUT2D eigenvalue weighted by atomic mass is 35.5. The second-order valence-electron chi connectivity index (χ2n) is 5.05. The minimum atomic E-state index is -0.407. The molecule has 0 saturated carbocycles. The normalized spacial score (nSPS) is 23.2.